The van der Waals surface area contributed by atoms with Crippen LogP contribution < -0.4 is 10.6 Å². The lowest BCUT2D eigenvalue weighted by Gasteiger charge is -2.34. The maximum absolute atomic E-state index is 3.41. The smallest absolute Gasteiger partial charge is 0.0497 e. The average Bonchev–Trinajstić information content (AvgIpc) is 2.31. The Balaban J connectivity index is 2.89. The van der Waals surface area contributed by atoms with E-state index in [-0.39, 0.29) is 5.54 Å². The van der Waals surface area contributed by atoms with E-state index in [9.17, 15) is 0 Å². The molecule has 2 N–H and O–H groups in total. The van der Waals surface area contributed by atoms with Gasteiger partial charge in [0.2, 0.25) is 0 Å². The molecule has 2 nitrogen and oxygen atoms in total. The van der Waals surface area contributed by atoms with Gasteiger partial charge in [0, 0.05) is 11.6 Å². The lowest BCUT2D eigenvalue weighted by atomic mass is 9.88. The Morgan fingerprint density at radius 3 is 2.00 bits per heavy atom. The van der Waals surface area contributed by atoms with Crippen LogP contribution in [-0.4, -0.2) is 19.6 Å². The van der Waals surface area contributed by atoms with Gasteiger partial charge in [-0.15, -0.1) is 0 Å². The van der Waals surface area contributed by atoms with Crippen molar-refractivity contribution in [1.29, 1.82) is 0 Å². The summed E-state index contributed by atoms with van der Waals surface area (Å²) in [5.74, 6) is 0.713. The minimum Gasteiger partial charge on any atom is -0.313 e. The summed E-state index contributed by atoms with van der Waals surface area (Å²) < 4.78 is 0. The number of nitrogens with one attached hydrogen (secondary N) is 2. The molecule has 0 amide bonds. The van der Waals surface area contributed by atoms with E-state index in [0.717, 1.165) is 6.42 Å². The molecule has 1 rings (SSSR count). The molecule has 1 aromatic carbocycles. The highest BCUT2D eigenvalue weighted by Crippen LogP contribution is 2.25. The van der Waals surface area contributed by atoms with Crippen LogP contribution in [0.5, 0.6) is 0 Å². The van der Waals surface area contributed by atoms with Gasteiger partial charge in [-0.05, 0) is 51.4 Å². The molecule has 0 bridgehead atoms. The van der Waals surface area contributed by atoms with Crippen molar-refractivity contribution in [2.24, 2.45) is 5.92 Å². The Labute approximate surface area is 112 Å². The largest absolute Gasteiger partial charge is 0.313 e. The molecule has 0 aliphatic heterocycles. The molecule has 2 heteroatoms. The zero-order valence-corrected chi connectivity index (χ0v) is 12.7. The van der Waals surface area contributed by atoms with Crippen LogP contribution in [0.1, 0.15) is 44.9 Å². The monoisotopic (exact) mass is 248 g/mol. The van der Waals surface area contributed by atoms with Crippen molar-refractivity contribution >= 4 is 0 Å². The molecule has 1 aromatic rings. The fraction of sp³-hybridized carbons (Fsp3) is 0.625. The molecule has 0 aliphatic rings. The topological polar surface area (TPSA) is 24.1 Å². The first-order valence-electron chi connectivity index (χ1n) is 6.85. The van der Waals surface area contributed by atoms with Gasteiger partial charge in [-0.25, -0.2) is 0 Å². The van der Waals surface area contributed by atoms with Gasteiger partial charge >= 0.3 is 0 Å². The summed E-state index contributed by atoms with van der Waals surface area (Å²) >= 11 is 0. The molecule has 0 heterocycles. The number of hydrogen-bond acceptors (Lipinski definition) is 2. The van der Waals surface area contributed by atoms with Gasteiger partial charge in [0.05, 0.1) is 0 Å². The van der Waals surface area contributed by atoms with Crippen molar-refractivity contribution in [3.63, 3.8) is 0 Å². The second-order valence-electron chi connectivity index (χ2n) is 6.03. The second kappa shape index (κ2) is 6.35. The van der Waals surface area contributed by atoms with Crippen molar-refractivity contribution in [3.05, 3.63) is 35.4 Å². The van der Waals surface area contributed by atoms with Gasteiger partial charge in [0.25, 0.3) is 0 Å². The number of rotatable bonds is 6. The zero-order chi connectivity index (χ0) is 13.8. The predicted molar refractivity (Wildman–Crippen MR) is 79.9 cm³/mol. The van der Waals surface area contributed by atoms with E-state index < -0.39 is 0 Å². The van der Waals surface area contributed by atoms with Gasteiger partial charge in [-0.3, -0.25) is 0 Å². The molecule has 0 fully saturated rings. The van der Waals surface area contributed by atoms with Crippen LogP contribution in [0.4, 0.5) is 0 Å². The standard InChI is InChI=1S/C16H28N2/c1-12(2)11-13-7-9-14(10-8-13)15(17-5)16(3,4)18-6/h7-10,12,15,17-18H,11H2,1-6H3. The molecule has 102 valence electrons. The van der Waals surface area contributed by atoms with Crippen molar-refractivity contribution in [1.82, 2.24) is 10.6 Å². The third-order valence-electron chi connectivity index (χ3n) is 3.61. The summed E-state index contributed by atoms with van der Waals surface area (Å²) in [6.45, 7) is 8.95. The summed E-state index contributed by atoms with van der Waals surface area (Å²) in [5, 5.41) is 6.78. The molecule has 1 unspecified atom stereocenters. The first-order chi connectivity index (χ1) is 8.40. The summed E-state index contributed by atoms with van der Waals surface area (Å²) in [7, 11) is 4.03. The van der Waals surface area contributed by atoms with Crippen molar-refractivity contribution < 1.29 is 0 Å². The van der Waals surface area contributed by atoms with E-state index >= 15 is 0 Å². The molecular weight excluding hydrogens is 220 g/mol. The lowest BCUT2D eigenvalue weighted by molar-refractivity contribution is 0.311. The zero-order valence-electron chi connectivity index (χ0n) is 12.7. The van der Waals surface area contributed by atoms with Crippen molar-refractivity contribution in [2.75, 3.05) is 14.1 Å². The maximum atomic E-state index is 3.41. The third-order valence-corrected chi connectivity index (χ3v) is 3.61. The Hall–Kier alpha value is -0.860. The highest BCUT2D eigenvalue weighted by atomic mass is 15.0. The molecule has 18 heavy (non-hydrogen) atoms. The third kappa shape index (κ3) is 3.82. The first kappa shape index (κ1) is 15.2. The fourth-order valence-corrected chi connectivity index (χ4v) is 2.41. The van der Waals surface area contributed by atoms with Crippen LogP contribution >= 0.6 is 0 Å². The fourth-order valence-electron chi connectivity index (χ4n) is 2.41. The van der Waals surface area contributed by atoms with Crippen LogP contribution in [0.25, 0.3) is 0 Å². The van der Waals surface area contributed by atoms with Gasteiger partial charge < -0.3 is 10.6 Å². The number of benzene rings is 1. The van der Waals surface area contributed by atoms with E-state index in [1.807, 2.05) is 14.1 Å². The highest BCUT2D eigenvalue weighted by molar-refractivity contribution is 5.27. The molecule has 0 saturated heterocycles. The molecule has 0 radical (unpaired) electrons. The van der Waals surface area contributed by atoms with E-state index in [0.29, 0.717) is 12.0 Å². The Bertz CT molecular complexity index is 352. The summed E-state index contributed by atoms with van der Waals surface area (Å²) in [4.78, 5) is 0. The molecule has 0 aromatic heterocycles. The SMILES string of the molecule is CNC(c1ccc(CC(C)C)cc1)C(C)(C)NC. The van der Waals surface area contributed by atoms with E-state index in [1.54, 1.807) is 0 Å². The summed E-state index contributed by atoms with van der Waals surface area (Å²) in [6.07, 6.45) is 1.15. The van der Waals surface area contributed by atoms with E-state index in [2.05, 4.69) is 62.6 Å². The van der Waals surface area contributed by atoms with Crippen LogP contribution in [0.15, 0.2) is 24.3 Å². The highest BCUT2D eigenvalue weighted by Gasteiger charge is 2.27. The van der Waals surface area contributed by atoms with E-state index in [4.69, 9.17) is 0 Å². The van der Waals surface area contributed by atoms with Crippen LogP contribution in [0.2, 0.25) is 0 Å². The summed E-state index contributed by atoms with van der Waals surface area (Å²) in [5.41, 5.74) is 2.80. The lowest BCUT2D eigenvalue weighted by Crippen LogP contribution is -2.47. The number of hydrogen-bond donors (Lipinski definition) is 2. The molecule has 0 aliphatic carbocycles. The normalized spacial score (nSPS) is 13.9. The van der Waals surface area contributed by atoms with Crippen LogP contribution in [-0.2, 0) is 6.42 Å². The minimum atomic E-state index is 0.0360. The Morgan fingerprint density at radius 2 is 1.61 bits per heavy atom. The Kier molecular flexibility index (Phi) is 5.36. The van der Waals surface area contributed by atoms with E-state index in [1.165, 1.54) is 11.1 Å². The second-order valence-corrected chi connectivity index (χ2v) is 6.03. The van der Waals surface area contributed by atoms with Gasteiger partial charge in [0.15, 0.2) is 0 Å². The van der Waals surface area contributed by atoms with Crippen molar-refractivity contribution in [3.8, 4) is 0 Å². The van der Waals surface area contributed by atoms with Crippen LogP contribution in [0.3, 0.4) is 0 Å². The minimum absolute atomic E-state index is 0.0360. The maximum Gasteiger partial charge on any atom is 0.0497 e. The molecular formula is C16H28N2. The molecule has 0 spiro atoms. The van der Waals surface area contributed by atoms with Gasteiger partial charge in [-0.2, -0.15) is 0 Å². The van der Waals surface area contributed by atoms with Gasteiger partial charge in [0.1, 0.15) is 0 Å². The van der Waals surface area contributed by atoms with Gasteiger partial charge in [-0.1, -0.05) is 38.1 Å². The predicted octanol–water partition coefficient (Wildman–Crippen LogP) is 3.14. The quantitative estimate of drug-likeness (QED) is 0.808. The van der Waals surface area contributed by atoms with Crippen LogP contribution in [0, 0.1) is 5.92 Å². The Morgan fingerprint density at radius 1 is 1.06 bits per heavy atom. The average molecular weight is 248 g/mol. The number of likely N-dealkylation sites (N-methyl/N-ethyl adjacent to an activating group) is 2. The first-order valence-corrected chi connectivity index (χ1v) is 6.85. The summed E-state index contributed by atoms with van der Waals surface area (Å²) in [6, 6.07) is 9.32. The molecule has 0 saturated carbocycles. The van der Waals surface area contributed by atoms with Crippen molar-refractivity contribution in [2.45, 2.75) is 45.7 Å². The molecule has 1 atom stereocenters.